The van der Waals surface area contributed by atoms with Gasteiger partial charge in [-0.05, 0) is 30.9 Å². The highest BCUT2D eigenvalue weighted by atomic mass is 32.2. The molecule has 0 amide bonds. The second kappa shape index (κ2) is 9.15. The van der Waals surface area contributed by atoms with E-state index in [9.17, 15) is 10.1 Å². The van der Waals surface area contributed by atoms with Crippen LogP contribution >= 0.6 is 11.8 Å². The molecule has 6 nitrogen and oxygen atoms in total. The van der Waals surface area contributed by atoms with Crippen molar-refractivity contribution in [2.75, 3.05) is 23.9 Å². The van der Waals surface area contributed by atoms with E-state index < -0.39 is 4.92 Å². The highest BCUT2D eigenvalue weighted by Gasteiger charge is 2.15. The van der Waals surface area contributed by atoms with Crippen LogP contribution in [0.15, 0.2) is 12.1 Å². The Morgan fingerprint density at radius 3 is 2.80 bits per heavy atom. The molecule has 1 aromatic rings. The Morgan fingerprint density at radius 1 is 1.40 bits per heavy atom. The molecular weight excluding hydrogens is 276 g/mol. The summed E-state index contributed by atoms with van der Waals surface area (Å²) in [6, 6.07) is 4.59. The monoisotopic (exact) mass is 294 g/mol. The van der Waals surface area contributed by atoms with Crippen LogP contribution in [-0.4, -0.2) is 28.5 Å². The summed E-state index contributed by atoms with van der Waals surface area (Å²) in [5.41, 5.74) is -0.407. The molecule has 0 aliphatic rings. The number of nitrogens with zero attached hydrogens (tertiary/aromatic N) is 3. The first-order chi connectivity index (χ1) is 9.69. The predicted molar refractivity (Wildman–Crippen MR) is 80.9 cm³/mol. The summed E-state index contributed by atoms with van der Waals surface area (Å²) in [6.45, 7) is 0.759. The van der Waals surface area contributed by atoms with Gasteiger partial charge in [0.05, 0.1) is 4.92 Å². The topological polar surface area (TPSA) is 91.9 Å². The molecule has 0 bridgehead atoms. The van der Waals surface area contributed by atoms with Crippen molar-refractivity contribution < 1.29 is 4.92 Å². The summed E-state index contributed by atoms with van der Waals surface area (Å²) in [5.74, 6) is 1.71. The lowest BCUT2D eigenvalue weighted by molar-refractivity contribution is -0.385. The molecule has 108 valence electrons. The first-order valence-corrected chi connectivity index (χ1v) is 7.86. The van der Waals surface area contributed by atoms with Crippen LogP contribution in [0.25, 0.3) is 0 Å². The van der Waals surface area contributed by atoms with Crippen LogP contribution < -0.4 is 5.32 Å². The number of pyridine rings is 1. The summed E-state index contributed by atoms with van der Waals surface area (Å²) >= 11 is 1.86. The number of anilines is 1. The largest absolute Gasteiger partial charge is 0.370 e. The maximum Gasteiger partial charge on any atom is 0.305 e. The number of unbranched alkanes of at least 4 members (excludes halogenated alkanes) is 3. The zero-order valence-corrected chi connectivity index (χ0v) is 12.3. The maximum atomic E-state index is 10.7. The van der Waals surface area contributed by atoms with Gasteiger partial charge < -0.3 is 5.32 Å². The van der Waals surface area contributed by atoms with Crippen molar-refractivity contribution >= 4 is 23.3 Å². The number of nitriles is 1. The molecule has 0 saturated heterocycles. The molecule has 7 heteroatoms. The minimum absolute atomic E-state index is 0.153. The van der Waals surface area contributed by atoms with Gasteiger partial charge in [0.15, 0.2) is 0 Å². The second-order valence-corrected chi connectivity index (χ2v) is 5.25. The molecule has 0 aromatic carbocycles. The van der Waals surface area contributed by atoms with Crippen LogP contribution in [0.2, 0.25) is 0 Å². The minimum atomic E-state index is -0.596. The molecule has 0 atom stereocenters. The molecule has 0 radical (unpaired) electrons. The van der Waals surface area contributed by atoms with E-state index in [4.69, 9.17) is 5.26 Å². The minimum Gasteiger partial charge on any atom is -0.370 e. The number of aromatic nitrogens is 1. The highest BCUT2D eigenvalue weighted by Crippen LogP contribution is 2.18. The fourth-order valence-electron chi connectivity index (χ4n) is 1.72. The van der Waals surface area contributed by atoms with Gasteiger partial charge in [-0.3, -0.25) is 10.1 Å². The summed E-state index contributed by atoms with van der Waals surface area (Å²) < 4.78 is 0. The summed E-state index contributed by atoms with van der Waals surface area (Å²) in [4.78, 5) is 14.0. The van der Waals surface area contributed by atoms with Gasteiger partial charge in [-0.1, -0.05) is 12.8 Å². The second-order valence-electron chi connectivity index (χ2n) is 4.27. The van der Waals surface area contributed by atoms with Gasteiger partial charge in [0.1, 0.15) is 11.9 Å². The number of thioether (sulfide) groups is 1. The van der Waals surface area contributed by atoms with E-state index in [0.717, 1.165) is 19.4 Å². The summed E-state index contributed by atoms with van der Waals surface area (Å²) in [5, 5.41) is 22.6. The lowest BCUT2D eigenvalue weighted by atomic mass is 10.2. The lowest BCUT2D eigenvalue weighted by Crippen LogP contribution is -2.05. The van der Waals surface area contributed by atoms with Crippen molar-refractivity contribution in [3.63, 3.8) is 0 Å². The standard InChI is InChI=1S/C13H18N4O2S/c1-20-9-5-3-2-4-8-15-13-7-6-12(17(18)19)11(10-14)16-13/h6-7H,2-5,8-9H2,1H3,(H,15,16). The van der Waals surface area contributed by atoms with E-state index >= 15 is 0 Å². The fourth-order valence-corrected chi connectivity index (χ4v) is 2.21. The number of rotatable bonds is 9. The van der Waals surface area contributed by atoms with Crippen molar-refractivity contribution in [2.24, 2.45) is 0 Å². The van der Waals surface area contributed by atoms with Crippen molar-refractivity contribution in [2.45, 2.75) is 25.7 Å². The SMILES string of the molecule is CSCCCCCCNc1ccc([N+](=O)[O-])c(C#N)n1. The molecule has 1 aromatic heterocycles. The number of hydrogen-bond donors (Lipinski definition) is 1. The Labute approximate surface area is 122 Å². The first kappa shape index (κ1) is 16.2. The first-order valence-electron chi connectivity index (χ1n) is 6.47. The third-order valence-corrected chi connectivity index (χ3v) is 3.45. The Bertz CT molecular complexity index is 488. The Balaban J connectivity index is 2.38. The molecule has 1 rings (SSSR count). The van der Waals surface area contributed by atoms with E-state index in [-0.39, 0.29) is 11.4 Å². The van der Waals surface area contributed by atoms with Gasteiger partial charge in [-0.25, -0.2) is 4.98 Å². The van der Waals surface area contributed by atoms with Crippen LogP contribution in [0.4, 0.5) is 11.5 Å². The Hall–Kier alpha value is -1.81. The van der Waals surface area contributed by atoms with E-state index in [1.165, 1.54) is 30.7 Å². The van der Waals surface area contributed by atoms with Crippen molar-refractivity contribution in [3.05, 3.63) is 27.9 Å². The van der Waals surface area contributed by atoms with Gasteiger partial charge in [-0.2, -0.15) is 17.0 Å². The van der Waals surface area contributed by atoms with E-state index in [1.54, 1.807) is 6.07 Å². The zero-order valence-electron chi connectivity index (χ0n) is 11.5. The zero-order chi connectivity index (χ0) is 14.8. The molecule has 0 saturated carbocycles. The van der Waals surface area contributed by atoms with Gasteiger partial charge in [0, 0.05) is 12.6 Å². The average molecular weight is 294 g/mol. The normalized spacial score (nSPS) is 10.0. The van der Waals surface area contributed by atoms with Gasteiger partial charge in [0.2, 0.25) is 5.69 Å². The molecule has 0 fully saturated rings. The lowest BCUT2D eigenvalue weighted by Gasteiger charge is -2.05. The number of hydrogen-bond acceptors (Lipinski definition) is 6. The molecule has 0 aliphatic carbocycles. The molecule has 0 spiro atoms. The van der Waals surface area contributed by atoms with Crippen LogP contribution in [-0.2, 0) is 0 Å². The van der Waals surface area contributed by atoms with Crippen LogP contribution in [0.3, 0.4) is 0 Å². The smallest absolute Gasteiger partial charge is 0.305 e. The number of nitrogens with one attached hydrogen (secondary N) is 1. The molecule has 0 unspecified atom stereocenters. The van der Waals surface area contributed by atoms with Crippen LogP contribution in [0.5, 0.6) is 0 Å². The summed E-state index contributed by atoms with van der Waals surface area (Å²) in [6.07, 6.45) is 6.71. The van der Waals surface area contributed by atoms with Crippen molar-refractivity contribution in [3.8, 4) is 6.07 Å². The molecule has 1 N–H and O–H groups in total. The molecule has 0 aliphatic heterocycles. The molecule has 1 heterocycles. The molecule has 20 heavy (non-hydrogen) atoms. The highest BCUT2D eigenvalue weighted by molar-refractivity contribution is 7.98. The van der Waals surface area contributed by atoms with Crippen molar-refractivity contribution in [1.29, 1.82) is 5.26 Å². The van der Waals surface area contributed by atoms with Gasteiger partial charge >= 0.3 is 5.69 Å². The van der Waals surface area contributed by atoms with Crippen LogP contribution in [0.1, 0.15) is 31.4 Å². The third kappa shape index (κ3) is 5.45. The van der Waals surface area contributed by atoms with E-state index in [0.29, 0.717) is 5.82 Å². The Kier molecular flexibility index (Phi) is 7.43. The molecular formula is C13H18N4O2S. The average Bonchev–Trinajstić information content (AvgIpc) is 2.45. The quantitative estimate of drug-likeness (QED) is 0.427. The van der Waals surface area contributed by atoms with Gasteiger partial charge in [0.25, 0.3) is 0 Å². The maximum absolute atomic E-state index is 10.7. The van der Waals surface area contributed by atoms with Crippen molar-refractivity contribution in [1.82, 2.24) is 4.98 Å². The third-order valence-electron chi connectivity index (χ3n) is 2.76. The number of nitro groups is 1. The predicted octanol–water partition coefficient (Wildman–Crippen LogP) is 3.20. The van der Waals surface area contributed by atoms with Crippen LogP contribution in [0, 0.1) is 21.4 Å². The van der Waals surface area contributed by atoms with Gasteiger partial charge in [-0.15, -0.1) is 0 Å². The van der Waals surface area contributed by atoms with E-state index in [2.05, 4.69) is 16.6 Å². The fraction of sp³-hybridized carbons (Fsp3) is 0.538. The summed E-state index contributed by atoms with van der Waals surface area (Å²) in [7, 11) is 0. The van der Waals surface area contributed by atoms with E-state index in [1.807, 2.05) is 11.8 Å². The Morgan fingerprint density at radius 2 is 2.15 bits per heavy atom.